The standard InChI is InChI=1S/C28H29N5O2/c1-21-6-8-24(9-7-21)33-20-26(27(30-33)23-4-3-5-25(18-23)35-2)28(34)32-16-14-31(15-17-32)19-22-10-12-29-13-11-22/h3-13,18,20H,14-17,19H2,1-2H3. The van der Waals surface area contributed by atoms with Gasteiger partial charge in [0.1, 0.15) is 11.4 Å². The molecule has 5 rings (SSSR count). The van der Waals surface area contributed by atoms with E-state index in [0.717, 1.165) is 36.6 Å². The molecule has 7 nitrogen and oxygen atoms in total. The number of methoxy groups -OCH3 is 1. The molecule has 0 saturated carbocycles. The Hall–Kier alpha value is -3.97. The number of hydrogen-bond acceptors (Lipinski definition) is 5. The van der Waals surface area contributed by atoms with Crippen molar-refractivity contribution in [2.45, 2.75) is 13.5 Å². The van der Waals surface area contributed by atoms with E-state index in [1.54, 1.807) is 11.8 Å². The smallest absolute Gasteiger partial charge is 0.257 e. The van der Waals surface area contributed by atoms with Gasteiger partial charge in [0.15, 0.2) is 0 Å². The summed E-state index contributed by atoms with van der Waals surface area (Å²) >= 11 is 0. The van der Waals surface area contributed by atoms with Gasteiger partial charge < -0.3 is 9.64 Å². The van der Waals surface area contributed by atoms with Gasteiger partial charge in [0.25, 0.3) is 5.91 Å². The lowest BCUT2D eigenvalue weighted by molar-refractivity contribution is 0.0629. The van der Waals surface area contributed by atoms with Gasteiger partial charge in [0.2, 0.25) is 0 Å². The number of rotatable bonds is 6. The minimum atomic E-state index is 0.00439. The van der Waals surface area contributed by atoms with Crippen LogP contribution in [0.4, 0.5) is 0 Å². The van der Waals surface area contributed by atoms with Crippen LogP contribution >= 0.6 is 0 Å². The number of nitrogens with zero attached hydrogens (tertiary/aromatic N) is 5. The summed E-state index contributed by atoms with van der Waals surface area (Å²) in [6, 6.07) is 19.9. The minimum Gasteiger partial charge on any atom is -0.497 e. The summed E-state index contributed by atoms with van der Waals surface area (Å²) in [6.45, 7) is 5.93. The molecule has 0 unspecified atom stereocenters. The largest absolute Gasteiger partial charge is 0.497 e. The second kappa shape index (κ2) is 10.1. The van der Waals surface area contributed by atoms with Crippen LogP contribution in [0.1, 0.15) is 21.5 Å². The fourth-order valence-corrected chi connectivity index (χ4v) is 4.37. The Labute approximate surface area is 205 Å². The van der Waals surface area contributed by atoms with Gasteiger partial charge in [-0.15, -0.1) is 0 Å². The summed E-state index contributed by atoms with van der Waals surface area (Å²) in [5.74, 6) is 0.736. The second-order valence-electron chi connectivity index (χ2n) is 8.83. The molecule has 35 heavy (non-hydrogen) atoms. The average molecular weight is 468 g/mol. The predicted molar refractivity (Wildman–Crippen MR) is 136 cm³/mol. The lowest BCUT2D eigenvalue weighted by Crippen LogP contribution is -2.48. The maximum absolute atomic E-state index is 13.7. The number of ether oxygens (including phenoxy) is 1. The quantitative estimate of drug-likeness (QED) is 0.425. The molecule has 1 aliphatic rings. The molecule has 1 saturated heterocycles. The van der Waals surface area contributed by atoms with E-state index in [9.17, 15) is 4.79 Å². The second-order valence-corrected chi connectivity index (χ2v) is 8.83. The highest BCUT2D eigenvalue weighted by atomic mass is 16.5. The first-order chi connectivity index (χ1) is 17.1. The number of aromatic nitrogens is 3. The fraction of sp³-hybridized carbons (Fsp3) is 0.250. The van der Waals surface area contributed by atoms with Gasteiger partial charge in [-0.25, -0.2) is 4.68 Å². The topological polar surface area (TPSA) is 63.5 Å². The molecule has 178 valence electrons. The number of piperazine rings is 1. The van der Waals surface area contributed by atoms with E-state index in [2.05, 4.69) is 16.8 Å². The summed E-state index contributed by atoms with van der Waals surface area (Å²) in [7, 11) is 1.64. The molecular formula is C28H29N5O2. The summed E-state index contributed by atoms with van der Waals surface area (Å²) in [5, 5.41) is 4.84. The Morgan fingerprint density at radius 1 is 0.971 bits per heavy atom. The number of aryl methyl sites for hydroxylation is 1. The lowest BCUT2D eigenvalue weighted by Gasteiger charge is -2.34. The Morgan fingerprint density at radius 2 is 1.71 bits per heavy atom. The number of pyridine rings is 1. The van der Waals surface area contributed by atoms with E-state index in [1.807, 2.05) is 84.2 Å². The van der Waals surface area contributed by atoms with Crippen molar-refractivity contribution in [2.75, 3.05) is 33.3 Å². The number of amides is 1. The monoisotopic (exact) mass is 467 g/mol. The molecule has 2 aromatic carbocycles. The normalized spacial score (nSPS) is 14.2. The van der Waals surface area contributed by atoms with Crippen LogP contribution in [0, 0.1) is 6.92 Å². The number of carbonyl (C=O) groups excluding carboxylic acids is 1. The zero-order valence-electron chi connectivity index (χ0n) is 20.1. The third-order valence-electron chi connectivity index (χ3n) is 6.40. The molecular weight excluding hydrogens is 438 g/mol. The fourth-order valence-electron chi connectivity index (χ4n) is 4.37. The third-order valence-corrected chi connectivity index (χ3v) is 6.40. The van der Waals surface area contributed by atoms with Gasteiger partial charge >= 0.3 is 0 Å². The SMILES string of the molecule is COc1cccc(-c2nn(-c3ccc(C)cc3)cc2C(=O)N2CCN(Cc3ccncc3)CC2)c1. The maximum Gasteiger partial charge on any atom is 0.257 e. The van der Waals surface area contributed by atoms with Crippen molar-refractivity contribution in [3.63, 3.8) is 0 Å². The van der Waals surface area contributed by atoms with Crippen LogP contribution in [0.2, 0.25) is 0 Å². The molecule has 1 aliphatic heterocycles. The summed E-state index contributed by atoms with van der Waals surface area (Å²) in [6.07, 6.45) is 5.49. The first kappa shape index (κ1) is 22.8. The van der Waals surface area contributed by atoms with E-state index >= 15 is 0 Å². The van der Waals surface area contributed by atoms with Crippen molar-refractivity contribution in [3.8, 4) is 22.7 Å². The van der Waals surface area contributed by atoms with Crippen molar-refractivity contribution in [3.05, 3.63) is 95.9 Å². The number of benzene rings is 2. The molecule has 1 amide bonds. The van der Waals surface area contributed by atoms with E-state index in [1.165, 1.54) is 11.1 Å². The summed E-state index contributed by atoms with van der Waals surface area (Å²) in [5.41, 5.74) is 5.44. The van der Waals surface area contributed by atoms with Crippen LogP contribution in [0.25, 0.3) is 16.9 Å². The molecule has 0 bridgehead atoms. The van der Waals surface area contributed by atoms with Crippen LogP contribution in [0.15, 0.2) is 79.3 Å². The average Bonchev–Trinajstić information content (AvgIpc) is 3.35. The van der Waals surface area contributed by atoms with Crippen LogP contribution in [0.5, 0.6) is 5.75 Å². The predicted octanol–water partition coefficient (Wildman–Crippen LogP) is 4.21. The van der Waals surface area contributed by atoms with Gasteiger partial charge in [0, 0.05) is 56.9 Å². The Balaban J connectivity index is 1.40. The maximum atomic E-state index is 13.7. The van der Waals surface area contributed by atoms with Crippen molar-refractivity contribution in [1.29, 1.82) is 0 Å². The van der Waals surface area contributed by atoms with E-state index in [-0.39, 0.29) is 5.91 Å². The van der Waals surface area contributed by atoms with Crippen molar-refractivity contribution < 1.29 is 9.53 Å². The minimum absolute atomic E-state index is 0.00439. The van der Waals surface area contributed by atoms with E-state index in [0.29, 0.717) is 24.3 Å². The van der Waals surface area contributed by atoms with E-state index < -0.39 is 0 Å². The van der Waals surface area contributed by atoms with Gasteiger partial charge in [-0.05, 0) is 48.9 Å². The first-order valence-electron chi connectivity index (χ1n) is 11.8. The molecule has 4 aromatic rings. The molecule has 7 heteroatoms. The molecule has 0 atom stereocenters. The van der Waals surface area contributed by atoms with Crippen molar-refractivity contribution in [1.82, 2.24) is 24.6 Å². The van der Waals surface area contributed by atoms with Crippen molar-refractivity contribution >= 4 is 5.91 Å². The van der Waals surface area contributed by atoms with Crippen LogP contribution in [-0.2, 0) is 6.54 Å². The van der Waals surface area contributed by atoms with Gasteiger partial charge in [-0.3, -0.25) is 14.7 Å². The third kappa shape index (κ3) is 5.10. The van der Waals surface area contributed by atoms with Crippen LogP contribution < -0.4 is 4.74 Å². The number of hydrogen-bond donors (Lipinski definition) is 0. The summed E-state index contributed by atoms with van der Waals surface area (Å²) in [4.78, 5) is 22.1. The molecule has 0 spiro atoms. The van der Waals surface area contributed by atoms with Gasteiger partial charge in [-0.1, -0.05) is 29.8 Å². The zero-order valence-corrected chi connectivity index (χ0v) is 20.1. The molecule has 0 aliphatic carbocycles. The van der Waals surface area contributed by atoms with E-state index in [4.69, 9.17) is 9.84 Å². The molecule has 0 radical (unpaired) electrons. The highest BCUT2D eigenvalue weighted by Crippen LogP contribution is 2.28. The number of carbonyl (C=O) groups is 1. The molecule has 0 N–H and O–H groups in total. The summed E-state index contributed by atoms with van der Waals surface area (Å²) < 4.78 is 7.21. The van der Waals surface area contributed by atoms with Gasteiger partial charge in [0.05, 0.1) is 18.4 Å². The lowest BCUT2D eigenvalue weighted by atomic mass is 10.1. The highest BCUT2D eigenvalue weighted by molar-refractivity contribution is 6.00. The Kier molecular flexibility index (Phi) is 6.59. The van der Waals surface area contributed by atoms with Crippen LogP contribution in [-0.4, -0.2) is 63.8 Å². The molecule has 1 fully saturated rings. The Morgan fingerprint density at radius 3 is 2.43 bits per heavy atom. The molecule has 2 aromatic heterocycles. The van der Waals surface area contributed by atoms with Gasteiger partial charge in [-0.2, -0.15) is 5.10 Å². The van der Waals surface area contributed by atoms with Crippen molar-refractivity contribution in [2.24, 2.45) is 0 Å². The van der Waals surface area contributed by atoms with Crippen LogP contribution in [0.3, 0.4) is 0 Å². The zero-order chi connectivity index (χ0) is 24.2. The highest BCUT2D eigenvalue weighted by Gasteiger charge is 2.27. The molecule has 3 heterocycles. The Bertz CT molecular complexity index is 1290. The first-order valence-corrected chi connectivity index (χ1v) is 11.8.